The molecule has 2 aliphatic rings. The van der Waals surface area contributed by atoms with Gasteiger partial charge in [0, 0.05) is 23.0 Å². The minimum Gasteiger partial charge on any atom is -0.484 e. The van der Waals surface area contributed by atoms with E-state index in [1.54, 1.807) is 6.07 Å². The minimum absolute atomic E-state index is 0.0903. The molecule has 5 nitrogen and oxygen atoms in total. The van der Waals surface area contributed by atoms with Crippen molar-refractivity contribution in [2.45, 2.75) is 37.3 Å². The van der Waals surface area contributed by atoms with E-state index in [4.69, 9.17) is 21.1 Å². The first-order valence-corrected chi connectivity index (χ1v) is 9.52. The van der Waals surface area contributed by atoms with Crippen LogP contribution in [0.25, 0.3) is 0 Å². The second-order valence-electron chi connectivity index (χ2n) is 6.93. The Hall–Kier alpha value is -2.42. The monoisotopic (exact) mass is 384 g/mol. The predicted molar refractivity (Wildman–Crippen MR) is 104 cm³/mol. The molecule has 1 aromatic heterocycles. The van der Waals surface area contributed by atoms with Crippen LogP contribution in [0.5, 0.6) is 11.6 Å². The number of fused-ring (bicyclic) bond motifs is 1. The number of aromatic nitrogens is 1. The topological polar surface area (TPSA) is 63.6 Å². The summed E-state index contributed by atoms with van der Waals surface area (Å²) < 4.78 is 11.0. The molecule has 0 saturated heterocycles. The number of benzene rings is 1. The molecule has 0 unspecified atom stereocenters. The lowest BCUT2D eigenvalue weighted by Crippen LogP contribution is -2.39. The maximum absolute atomic E-state index is 10.9. The van der Waals surface area contributed by atoms with Crippen molar-refractivity contribution in [3.8, 4) is 23.5 Å². The number of nitrogens with one attached hydrogen (secondary N) is 1. The molecule has 0 amide bonds. The number of nitrogens with zero attached hydrogens (tertiary/aromatic N) is 1. The van der Waals surface area contributed by atoms with Gasteiger partial charge in [0.15, 0.2) is 5.75 Å². The molecular weight excluding hydrogens is 364 g/mol. The van der Waals surface area contributed by atoms with Crippen LogP contribution in [0.1, 0.15) is 31.2 Å². The molecule has 1 fully saturated rings. The lowest BCUT2D eigenvalue weighted by molar-refractivity contribution is 0.0561. The summed E-state index contributed by atoms with van der Waals surface area (Å²) in [4.78, 5) is 4.47. The van der Waals surface area contributed by atoms with Crippen LogP contribution in [0.2, 0.25) is 5.02 Å². The van der Waals surface area contributed by atoms with Gasteiger partial charge < -0.3 is 19.9 Å². The number of hydrogen-bond donors (Lipinski definition) is 2. The zero-order chi connectivity index (χ0) is 18.7. The highest BCUT2D eigenvalue weighted by atomic mass is 35.5. The van der Waals surface area contributed by atoms with E-state index in [9.17, 15) is 5.11 Å². The molecule has 27 heavy (non-hydrogen) atoms. The van der Waals surface area contributed by atoms with Gasteiger partial charge in [-0.1, -0.05) is 29.5 Å². The summed E-state index contributed by atoms with van der Waals surface area (Å²) in [5.74, 6) is 8.00. The number of rotatable bonds is 2. The van der Waals surface area contributed by atoms with Gasteiger partial charge in [-0.05, 0) is 49.6 Å². The Morgan fingerprint density at radius 3 is 3.00 bits per heavy atom. The third kappa shape index (κ3) is 4.47. The number of anilines is 1. The first kappa shape index (κ1) is 18.0. The van der Waals surface area contributed by atoms with E-state index in [1.807, 2.05) is 30.3 Å². The second kappa shape index (κ2) is 7.67. The van der Waals surface area contributed by atoms with Gasteiger partial charge in [-0.2, -0.15) is 4.98 Å². The average Bonchev–Trinajstić information content (AvgIpc) is 2.67. The van der Waals surface area contributed by atoms with E-state index in [1.165, 1.54) is 0 Å². The molecule has 1 aliphatic heterocycles. The molecule has 2 atom stereocenters. The minimum atomic E-state index is -1.02. The third-order valence-electron chi connectivity index (χ3n) is 4.75. The lowest BCUT2D eigenvalue weighted by Gasteiger charge is -2.33. The first-order valence-electron chi connectivity index (χ1n) is 9.14. The lowest BCUT2D eigenvalue weighted by atomic mass is 9.82. The summed E-state index contributed by atoms with van der Waals surface area (Å²) in [6.07, 6.45) is 3.05. The fraction of sp³-hybridized carbons (Fsp3) is 0.381. The summed E-state index contributed by atoms with van der Waals surface area (Å²) in [6, 6.07) is 11.2. The Bertz CT molecular complexity index is 892. The number of hydrogen-bond acceptors (Lipinski definition) is 5. The Labute approximate surface area is 163 Å². The fourth-order valence-electron chi connectivity index (χ4n) is 3.46. The maximum Gasteiger partial charge on any atom is 0.259 e. The van der Waals surface area contributed by atoms with Crippen molar-refractivity contribution in [1.29, 1.82) is 0 Å². The molecular formula is C21H21ClN2O3. The number of aliphatic hydroxyl groups is 1. The summed E-state index contributed by atoms with van der Waals surface area (Å²) in [7, 11) is 0. The molecule has 0 bridgehead atoms. The van der Waals surface area contributed by atoms with Crippen molar-refractivity contribution in [2.24, 2.45) is 0 Å². The van der Waals surface area contributed by atoms with E-state index >= 15 is 0 Å². The molecule has 1 saturated carbocycles. The third-order valence-corrected chi connectivity index (χ3v) is 4.98. The molecule has 2 N–H and O–H groups in total. The van der Waals surface area contributed by atoms with Crippen LogP contribution in [0, 0.1) is 11.8 Å². The van der Waals surface area contributed by atoms with E-state index in [0.717, 1.165) is 24.2 Å². The van der Waals surface area contributed by atoms with E-state index in [-0.39, 0.29) is 6.04 Å². The Morgan fingerprint density at radius 2 is 2.11 bits per heavy atom. The zero-order valence-electron chi connectivity index (χ0n) is 14.9. The molecule has 0 spiro atoms. The molecule has 2 aromatic rings. The quantitative estimate of drug-likeness (QED) is 0.774. The summed E-state index contributed by atoms with van der Waals surface area (Å²) in [5.41, 5.74) is -0.217. The zero-order valence-corrected chi connectivity index (χ0v) is 15.6. The Morgan fingerprint density at radius 1 is 1.22 bits per heavy atom. The molecule has 4 rings (SSSR count). The van der Waals surface area contributed by atoms with E-state index in [2.05, 4.69) is 22.1 Å². The van der Waals surface area contributed by atoms with Gasteiger partial charge in [0.2, 0.25) is 0 Å². The molecule has 1 aromatic carbocycles. The molecule has 2 heterocycles. The summed E-state index contributed by atoms with van der Waals surface area (Å²) in [6.45, 7) is 1.05. The van der Waals surface area contributed by atoms with Crippen molar-refractivity contribution in [3.63, 3.8) is 0 Å². The molecule has 0 radical (unpaired) electrons. The van der Waals surface area contributed by atoms with Crippen molar-refractivity contribution in [3.05, 3.63) is 47.0 Å². The van der Waals surface area contributed by atoms with Gasteiger partial charge >= 0.3 is 0 Å². The SMILES string of the molecule is O[C@]1(C#Cc2cccc(Cl)c2)CCC[C@@H](Nc2ccc3c(n2)OCCO3)C1. The highest BCUT2D eigenvalue weighted by molar-refractivity contribution is 6.30. The summed E-state index contributed by atoms with van der Waals surface area (Å²) in [5, 5.41) is 15.0. The molecule has 6 heteroatoms. The number of ether oxygens (including phenoxy) is 2. The average molecular weight is 385 g/mol. The second-order valence-corrected chi connectivity index (χ2v) is 7.36. The fourth-order valence-corrected chi connectivity index (χ4v) is 3.65. The Kier molecular flexibility index (Phi) is 5.11. The van der Waals surface area contributed by atoms with Gasteiger partial charge in [0.1, 0.15) is 24.6 Å². The normalized spacial score (nSPS) is 23.9. The smallest absolute Gasteiger partial charge is 0.259 e. The van der Waals surface area contributed by atoms with Crippen molar-refractivity contribution < 1.29 is 14.6 Å². The first-order chi connectivity index (χ1) is 13.1. The maximum atomic E-state index is 10.9. The van der Waals surface area contributed by atoms with E-state index in [0.29, 0.717) is 42.7 Å². The van der Waals surface area contributed by atoms with Crippen LogP contribution in [0.15, 0.2) is 36.4 Å². The standard InChI is InChI=1S/C21H21ClN2O3/c22-16-4-1-3-15(13-16)8-10-21(25)9-2-5-17(14-21)23-19-7-6-18-20(24-19)27-12-11-26-18/h1,3-4,6-7,13,17,25H,2,5,9,11-12,14H2,(H,23,24)/t17-,21+/m1/s1. The van der Waals surface area contributed by atoms with Gasteiger partial charge in [-0.3, -0.25) is 0 Å². The van der Waals surface area contributed by atoms with Crippen molar-refractivity contribution in [1.82, 2.24) is 4.98 Å². The van der Waals surface area contributed by atoms with E-state index < -0.39 is 5.60 Å². The molecule has 1 aliphatic carbocycles. The number of halogens is 1. The van der Waals surface area contributed by atoms with Gasteiger partial charge in [-0.15, -0.1) is 0 Å². The van der Waals surface area contributed by atoms with Crippen molar-refractivity contribution >= 4 is 17.4 Å². The highest BCUT2D eigenvalue weighted by Gasteiger charge is 2.33. The highest BCUT2D eigenvalue weighted by Crippen LogP contribution is 2.32. The predicted octanol–water partition coefficient (Wildman–Crippen LogP) is 3.64. The van der Waals surface area contributed by atoms with Crippen LogP contribution in [-0.2, 0) is 0 Å². The number of pyridine rings is 1. The summed E-state index contributed by atoms with van der Waals surface area (Å²) >= 11 is 6.00. The largest absolute Gasteiger partial charge is 0.484 e. The van der Waals surface area contributed by atoms with Crippen LogP contribution in [-0.4, -0.2) is 34.9 Å². The van der Waals surface area contributed by atoms with Gasteiger partial charge in [0.05, 0.1) is 0 Å². The van der Waals surface area contributed by atoms with Crippen molar-refractivity contribution in [2.75, 3.05) is 18.5 Å². The van der Waals surface area contributed by atoms with Gasteiger partial charge in [-0.25, -0.2) is 0 Å². The van der Waals surface area contributed by atoms with Crippen LogP contribution in [0.3, 0.4) is 0 Å². The van der Waals surface area contributed by atoms with Crippen LogP contribution < -0.4 is 14.8 Å². The van der Waals surface area contributed by atoms with Crippen LogP contribution in [0.4, 0.5) is 5.82 Å². The Balaban J connectivity index is 1.45. The van der Waals surface area contributed by atoms with Crippen LogP contribution >= 0.6 is 11.6 Å². The van der Waals surface area contributed by atoms with Gasteiger partial charge in [0.25, 0.3) is 5.88 Å². The molecule has 140 valence electrons.